The summed E-state index contributed by atoms with van der Waals surface area (Å²) in [7, 11) is -1.77. The zero-order valence-electron chi connectivity index (χ0n) is 17.1. The predicted octanol–water partition coefficient (Wildman–Crippen LogP) is 3.27. The van der Waals surface area contributed by atoms with Gasteiger partial charge in [0.25, 0.3) is 0 Å². The minimum absolute atomic E-state index is 0.151. The minimum atomic E-state index is -3.48. The Morgan fingerprint density at radius 3 is 2.21 bits per heavy atom. The van der Waals surface area contributed by atoms with Crippen LogP contribution in [0.2, 0.25) is 0 Å². The number of rotatable bonds is 10. The highest BCUT2D eigenvalue weighted by molar-refractivity contribution is 7.89. The fourth-order valence-electron chi connectivity index (χ4n) is 2.69. The van der Waals surface area contributed by atoms with E-state index in [2.05, 4.69) is 0 Å². The van der Waals surface area contributed by atoms with Gasteiger partial charge in [0.2, 0.25) is 15.9 Å². The van der Waals surface area contributed by atoms with Gasteiger partial charge in [-0.25, -0.2) is 8.42 Å². The fourth-order valence-corrected chi connectivity index (χ4v) is 4.14. The second-order valence-corrected chi connectivity index (χ2v) is 8.35. The summed E-state index contributed by atoms with van der Waals surface area (Å²) < 4.78 is 32.0. The van der Waals surface area contributed by atoms with Gasteiger partial charge in [0.1, 0.15) is 12.4 Å². The standard InChI is InChI=1S/C22H28N2O4S/c1-4-24(5-2)29(26,27)21-14-11-19(12-15-21)13-16-22(25)23(3)17-18-28-20-9-7-6-8-10-20/h6-16H,4-5,17-18H2,1-3H3/b16-13+. The van der Waals surface area contributed by atoms with Crippen molar-refractivity contribution in [3.05, 3.63) is 66.2 Å². The summed E-state index contributed by atoms with van der Waals surface area (Å²) >= 11 is 0. The zero-order valence-corrected chi connectivity index (χ0v) is 17.9. The molecule has 2 rings (SSSR count). The lowest BCUT2D eigenvalue weighted by atomic mass is 10.2. The van der Waals surface area contributed by atoms with Crippen molar-refractivity contribution in [2.45, 2.75) is 18.7 Å². The molecule has 0 saturated carbocycles. The molecule has 2 aromatic rings. The van der Waals surface area contributed by atoms with Crippen molar-refractivity contribution in [1.82, 2.24) is 9.21 Å². The van der Waals surface area contributed by atoms with Gasteiger partial charge in [0, 0.05) is 26.2 Å². The average molecular weight is 417 g/mol. The first-order valence-electron chi connectivity index (χ1n) is 9.59. The topological polar surface area (TPSA) is 66.9 Å². The van der Waals surface area contributed by atoms with E-state index < -0.39 is 10.0 Å². The summed E-state index contributed by atoms with van der Waals surface area (Å²) in [5.74, 6) is 0.616. The summed E-state index contributed by atoms with van der Waals surface area (Å²) in [6, 6.07) is 16.0. The molecule has 2 aromatic carbocycles. The van der Waals surface area contributed by atoms with Crippen LogP contribution in [-0.2, 0) is 14.8 Å². The molecule has 0 aromatic heterocycles. The van der Waals surface area contributed by atoms with E-state index in [0.29, 0.717) is 26.2 Å². The summed E-state index contributed by atoms with van der Waals surface area (Å²) in [5, 5.41) is 0. The number of likely N-dealkylation sites (N-methyl/N-ethyl adjacent to an activating group) is 1. The van der Waals surface area contributed by atoms with Crippen molar-refractivity contribution in [3.63, 3.8) is 0 Å². The van der Waals surface area contributed by atoms with Gasteiger partial charge in [0.15, 0.2) is 0 Å². The van der Waals surface area contributed by atoms with Gasteiger partial charge >= 0.3 is 0 Å². The van der Waals surface area contributed by atoms with Gasteiger partial charge in [-0.1, -0.05) is 44.2 Å². The van der Waals surface area contributed by atoms with E-state index in [1.54, 1.807) is 42.3 Å². The molecular formula is C22H28N2O4S. The molecule has 7 heteroatoms. The number of ether oxygens (including phenoxy) is 1. The van der Waals surface area contributed by atoms with Crippen LogP contribution < -0.4 is 4.74 Å². The van der Waals surface area contributed by atoms with Gasteiger partial charge < -0.3 is 9.64 Å². The van der Waals surface area contributed by atoms with Crippen molar-refractivity contribution >= 4 is 22.0 Å². The van der Waals surface area contributed by atoms with Gasteiger partial charge in [-0.15, -0.1) is 0 Å². The SMILES string of the molecule is CCN(CC)S(=O)(=O)c1ccc(/C=C/C(=O)N(C)CCOc2ccccc2)cc1. The average Bonchev–Trinajstić information content (AvgIpc) is 2.73. The monoisotopic (exact) mass is 416 g/mol. The molecule has 0 fully saturated rings. The number of hydrogen-bond acceptors (Lipinski definition) is 4. The number of carbonyl (C=O) groups is 1. The Labute approximate surface area is 173 Å². The maximum absolute atomic E-state index is 12.5. The van der Waals surface area contributed by atoms with E-state index in [9.17, 15) is 13.2 Å². The van der Waals surface area contributed by atoms with Crippen molar-refractivity contribution in [2.24, 2.45) is 0 Å². The number of para-hydroxylation sites is 1. The quantitative estimate of drug-likeness (QED) is 0.558. The first-order chi connectivity index (χ1) is 13.9. The number of nitrogens with zero attached hydrogens (tertiary/aromatic N) is 2. The molecule has 0 atom stereocenters. The maximum atomic E-state index is 12.5. The number of benzene rings is 2. The van der Waals surface area contributed by atoms with Crippen LogP contribution >= 0.6 is 0 Å². The second kappa shape index (κ2) is 10.8. The highest BCUT2D eigenvalue weighted by atomic mass is 32.2. The maximum Gasteiger partial charge on any atom is 0.246 e. The van der Waals surface area contributed by atoms with Crippen LogP contribution in [0.25, 0.3) is 6.08 Å². The molecule has 0 aliphatic rings. The third-order valence-corrected chi connectivity index (χ3v) is 6.52. The molecule has 0 heterocycles. The minimum Gasteiger partial charge on any atom is -0.492 e. The molecule has 0 aliphatic heterocycles. The lowest BCUT2D eigenvalue weighted by molar-refractivity contribution is -0.125. The molecule has 0 unspecified atom stereocenters. The number of amides is 1. The molecule has 0 bridgehead atoms. The van der Waals surface area contributed by atoms with E-state index in [4.69, 9.17) is 4.74 Å². The molecule has 0 radical (unpaired) electrons. The van der Waals surface area contributed by atoms with Crippen molar-refractivity contribution in [3.8, 4) is 5.75 Å². The molecule has 0 saturated heterocycles. The molecule has 156 valence electrons. The van der Waals surface area contributed by atoms with Gasteiger partial charge in [-0.3, -0.25) is 4.79 Å². The van der Waals surface area contributed by atoms with Crippen molar-refractivity contribution in [2.75, 3.05) is 33.3 Å². The Morgan fingerprint density at radius 2 is 1.62 bits per heavy atom. The van der Waals surface area contributed by atoms with Crippen LogP contribution in [0.15, 0.2) is 65.6 Å². The Balaban J connectivity index is 1.90. The lowest BCUT2D eigenvalue weighted by Crippen LogP contribution is -2.30. The smallest absolute Gasteiger partial charge is 0.246 e. The fraction of sp³-hybridized carbons (Fsp3) is 0.318. The first kappa shape index (κ1) is 22.6. The first-order valence-corrected chi connectivity index (χ1v) is 11.0. The Hall–Kier alpha value is -2.64. The summed E-state index contributed by atoms with van der Waals surface area (Å²) in [4.78, 5) is 14.1. The Kier molecular flexibility index (Phi) is 8.42. The van der Waals surface area contributed by atoms with E-state index in [0.717, 1.165) is 11.3 Å². The van der Waals surface area contributed by atoms with Crippen LogP contribution in [0.5, 0.6) is 5.75 Å². The molecule has 0 spiro atoms. The van der Waals surface area contributed by atoms with Gasteiger partial charge in [-0.05, 0) is 35.9 Å². The van der Waals surface area contributed by atoms with Crippen LogP contribution in [0.1, 0.15) is 19.4 Å². The van der Waals surface area contributed by atoms with Crippen LogP contribution in [0, 0.1) is 0 Å². The summed E-state index contributed by atoms with van der Waals surface area (Å²) in [6.45, 7) is 5.33. The predicted molar refractivity (Wildman–Crippen MR) is 115 cm³/mol. The Bertz CT molecular complexity index is 906. The number of carbonyl (C=O) groups excluding carboxylic acids is 1. The molecule has 6 nitrogen and oxygen atoms in total. The largest absolute Gasteiger partial charge is 0.492 e. The van der Waals surface area contributed by atoms with E-state index in [1.165, 1.54) is 10.4 Å². The van der Waals surface area contributed by atoms with E-state index >= 15 is 0 Å². The lowest BCUT2D eigenvalue weighted by Gasteiger charge is -2.18. The highest BCUT2D eigenvalue weighted by Crippen LogP contribution is 2.17. The van der Waals surface area contributed by atoms with Crippen molar-refractivity contribution in [1.29, 1.82) is 0 Å². The number of sulfonamides is 1. The van der Waals surface area contributed by atoms with Crippen molar-refractivity contribution < 1.29 is 17.9 Å². The number of hydrogen-bond donors (Lipinski definition) is 0. The molecule has 1 amide bonds. The van der Waals surface area contributed by atoms with Crippen LogP contribution in [-0.4, -0.2) is 56.8 Å². The van der Waals surface area contributed by atoms with E-state index in [-0.39, 0.29) is 10.8 Å². The third kappa shape index (κ3) is 6.44. The van der Waals surface area contributed by atoms with E-state index in [1.807, 2.05) is 44.2 Å². The van der Waals surface area contributed by atoms with Crippen LogP contribution in [0.4, 0.5) is 0 Å². The zero-order chi connectivity index (χ0) is 21.3. The normalized spacial score (nSPS) is 11.7. The van der Waals surface area contributed by atoms with Gasteiger partial charge in [-0.2, -0.15) is 4.31 Å². The highest BCUT2D eigenvalue weighted by Gasteiger charge is 2.20. The molecular weight excluding hydrogens is 388 g/mol. The molecule has 29 heavy (non-hydrogen) atoms. The molecule has 0 aliphatic carbocycles. The summed E-state index contributed by atoms with van der Waals surface area (Å²) in [6.07, 6.45) is 3.14. The second-order valence-electron chi connectivity index (χ2n) is 6.41. The Morgan fingerprint density at radius 1 is 1.00 bits per heavy atom. The summed E-state index contributed by atoms with van der Waals surface area (Å²) in [5.41, 5.74) is 0.755. The van der Waals surface area contributed by atoms with Gasteiger partial charge in [0.05, 0.1) is 11.4 Å². The third-order valence-electron chi connectivity index (χ3n) is 4.46. The molecule has 0 N–H and O–H groups in total. The van der Waals surface area contributed by atoms with Crippen LogP contribution in [0.3, 0.4) is 0 Å².